The van der Waals surface area contributed by atoms with E-state index in [9.17, 15) is 0 Å². The normalized spacial score (nSPS) is 10.7. The van der Waals surface area contributed by atoms with Crippen molar-refractivity contribution in [2.75, 3.05) is 21.3 Å². The van der Waals surface area contributed by atoms with Crippen molar-refractivity contribution in [1.82, 2.24) is 0 Å². The van der Waals surface area contributed by atoms with E-state index < -0.39 is 0 Å². The fourth-order valence-corrected chi connectivity index (χ4v) is 2.11. The summed E-state index contributed by atoms with van der Waals surface area (Å²) in [4.78, 5) is 0. The van der Waals surface area contributed by atoms with Crippen LogP contribution < -0.4 is 14.2 Å². The predicted molar refractivity (Wildman–Crippen MR) is 86.2 cm³/mol. The van der Waals surface area contributed by atoms with Crippen LogP contribution >= 0.6 is 0 Å². The topological polar surface area (TPSA) is 27.7 Å². The molecule has 0 amide bonds. The molecule has 0 fully saturated rings. The second kappa shape index (κ2) is 6.84. The lowest BCUT2D eigenvalue weighted by atomic mass is 10.1. The van der Waals surface area contributed by atoms with Crippen molar-refractivity contribution < 1.29 is 14.2 Å². The van der Waals surface area contributed by atoms with Gasteiger partial charge in [0.1, 0.15) is 17.2 Å². The molecule has 0 atom stereocenters. The number of benzene rings is 2. The van der Waals surface area contributed by atoms with Gasteiger partial charge in [0, 0.05) is 5.56 Å². The molecule has 0 saturated carbocycles. The summed E-state index contributed by atoms with van der Waals surface area (Å²) in [6.07, 6.45) is 4.08. The number of methoxy groups -OCH3 is 3. The first-order chi connectivity index (χ1) is 10.2. The number of rotatable bonds is 5. The SMILES string of the molecule is COc1ccc(C=Cc2cc(OC)c(C)c(OC)c2)cc1. The molecule has 0 N–H and O–H groups in total. The highest BCUT2D eigenvalue weighted by Crippen LogP contribution is 2.30. The zero-order valence-electron chi connectivity index (χ0n) is 12.8. The molecule has 0 spiro atoms. The fraction of sp³-hybridized carbons (Fsp3) is 0.222. The average Bonchev–Trinajstić information content (AvgIpc) is 2.54. The summed E-state index contributed by atoms with van der Waals surface area (Å²) in [5.41, 5.74) is 3.14. The number of ether oxygens (including phenoxy) is 3. The second-order valence-corrected chi connectivity index (χ2v) is 4.66. The number of hydrogen-bond acceptors (Lipinski definition) is 3. The third kappa shape index (κ3) is 3.57. The second-order valence-electron chi connectivity index (χ2n) is 4.66. The molecule has 0 heterocycles. The summed E-state index contributed by atoms with van der Waals surface area (Å²) in [6, 6.07) is 11.9. The first-order valence-electron chi connectivity index (χ1n) is 6.72. The van der Waals surface area contributed by atoms with E-state index in [1.54, 1.807) is 21.3 Å². The van der Waals surface area contributed by atoms with Crippen LogP contribution in [0.15, 0.2) is 36.4 Å². The Balaban J connectivity index is 2.27. The van der Waals surface area contributed by atoms with Gasteiger partial charge in [0.25, 0.3) is 0 Å². The Morgan fingerprint density at radius 2 is 1.24 bits per heavy atom. The van der Waals surface area contributed by atoms with Gasteiger partial charge in [-0.1, -0.05) is 24.3 Å². The van der Waals surface area contributed by atoms with Crippen molar-refractivity contribution in [2.45, 2.75) is 6.92 Å². The van der Waals surface area contributed by atoms with Gasteiger partial charge in [-0.3, -0.25) is 0 Å². The molecule has 0 bridgehead atoms. The van der Waals surface area contributed by atoms with Crippen LogP contribution in [-0.2, 0) is 0 Å². The van der Waals surface area contributed by atoms with Crippen LogP contribution in [0, 0.1) is 6.92 Å². The minimum atomic E-state index is 0.823. The summed E-state index contributed by atoms with van der Waals surface area (Å²) >= 11 is 0. The Labute approximate surface area is 125 Å². The van der Waals surface area contributed by atoms with Gasteiger partial charge in [-0.25, -0.2) is 0 Å². The quantitative estimate of drug-likeness (QED) is 0.770. The largest absolute Gasteiger partial charge is 0.497 e. The van der Waals surface area contributed by atoms with Crippen LogP contribution in [0.3, 0.4) is 0 Å². The summed E-state index contributed by atoms with van der Waals surface area (Å²) in [6.45, 7) is 1.98. The standard InChI is InChI=1S/C18H20O3/c1-13-17(20-3)11-15(12-18(13)21-4)6-5-14-7-9-16(19-2)10-8-14/h5-12H,1-4H3. The van der Waals surface area contributed by atoms with Crippen molar-refractivity contribution in [3.63, 3.8) is 0 Å². The summed E-state index contributed by atoms with van der Waals surface area (Å²) in [7, 11) is 4.99. The first-order valence-corrected chi connectivity index (χ1v) is 6.72. The minimum Gasteiger partial charge on any atom is -0.497 e. The van der Waals surface area contributed by atoms with E-state index in [4.69, 9.17) is 14.2 Å². The summed E-state index contributed by atoms with van der Waals surface area (Å²) in [5, 5.41) is 0. The van der Waals surface area contributed by atoms with Crippen molar-refractivity contribution in [2.24, 2.45) is 0 Å². The van der Waals surface area contributed by atoms with Gasteiger partial charge in [0.2, 0.25) is 0 Å². The zero-order valence-corrected chi connectivity index (χ0v) is 12.8. The van der Waals surface area contributed by atoms with E-state index in [1.807, 2.05) is 55.5 Å². The van der Waals surface area contributed by atoms with Gasteiger partial charge in [-0.05, 0) is 42.3 Å². The lowest BCUT2D eigenvalue weighted by Crippen LogP contribution is -1.93. The summed E-state index contributed by atoms with van der Waals surface area (Å²) in [5.74, 6) is 2.50. The van der Waals surface area contributed by atoms with Gasteiger partial charge >= 0.3 is 0 Å². The highest BCUT2D eigenvalue weighted by Gasteiger charge is 2.06. The molecule has 2 rings (SSSR count). The molecule has 0 aromatic heterocycles. The van der Waals surface area contributed by atoms with E-state index >= 15 is 0 Å². The molecule has 0 aliphatic rings. The zero-order chi connectivity index (χ0) is 15.2. The first kappa shape index (κ1) is 15.0. The van der Waals surface area contributed by atoms with E-state index in [0.29, 0.717) is 0 Å². The van der Waals surface area contributed by atoms with Crippen LogP contribution in [0.1, 0.15) is 16.7 Å². The van der Waals surface area contributed by atoms with Crippen molar-refractivity contribution >= 4 is 12.2 Å². The monoisotopic (exact) mass is 284 g/mol. The molecule has 0 aliphatic heterocycles. The van der Waals surface area contributed by atoms with Crippen molar-refractivity contribution in [3.8, 4) is 17.2 Å². The van der Waals surface area contributed by atoms with Crippen molar-refractivity contribution in [3.05, 3.63) is 53.1 Å². The Kier molecular flexibility index (Phi) is 4.88. The maximum absolute atomic E-state index is 5.38. The van der Waals surface area contributed by atoms with Crippen LogP contribution in [0.25, 0.3) is 12.2 Å². The van der Waals surface area contributed by atoms with Crippen LogP contribution in [0.2, 0.25) is 0 Å². The van der Waals surface area contributed by atoms with Crippen LogP contribution in [-0.4, -0.2) is 21.3 Å². The predicted octanol–water partition coefficient (Wildman–Crippen LogP) is 4.19. The van der Waals surface area contributed by atoms with Crippen LogP contribution in [0.4, 0.5) is 0 Å². The molecule has 2 aromatic carbocycles. The Morgan fingerprint density at radius 1 is 0.714 bits per heavy atom. The van der Waals surface area contributed by atoms with Gasteiger partial charge in [0.15, 0.2) is 0 Å². The molecular formula is C18H20O3. The van der Waals surface area contributed by atoms with Crippen molar-refractivity contribution in [1.29, 1.82) is 0 Å². The lowest BCUT2D eigenvalue weighted by Gasteiger charge is -2.11. The third-order valence-electron chi connectivity index (χ3n) is 3.36. The van der Waals surface area contributed by atoms with E-state index in [2.05, 4.69) is 0 Å². The van der Waals surface area contributed by atoms with Gasteiger partial charge < -0.3 is 14.2 Å². The Bertz CT molecular complexity index is 602. The highest BCUT2D eigenvalue weighted by molar-refractivity contribution is 5.72. The molecular weight excluding hydrogens is 264 g/mol. The molecule has 3 heteroatoms. The number of hydrogen-bond donors (Lipinski definition) is 0. The van der Waals surface area contributed by atoms with Gasteiger partial charge in [-0.15, -0.1) is 0 Å². The van der Waals surface area contributed by atoms with Crippen LogP contribution in [0.5, 0.6) is 17.2 Å². The molecule has 0 radical (unpaired) electrons. The van der Waals surface area contributed by atoms with E-state index in [0.717, 1.165) is 33.9 Å². The minimum absolute atomic E-state index is 0.823. The molecule has 3 nitrogen and oxygen atoms in total. The molecule has 0 aliphatic carbocycles. The van der Waals surface area contributed by atoms with Gasteiger partial charge in [0.05, 0.1) is 21.3 Å². The molecule has 21 heavy (non-hydrogen) atoms. The third-order valence-corrected chi connectivity index (χ3v) is 3.36. The lowest BCUT2D eigenvalue weighted by molar-refractivity contribution is 0.388. The maximum Gasteiger partial charge on any atom is 0.126 e. The average molecular weight is 284 g/mol. The molecule has 2 aromatic rings. The smallest absolute Gasteiger partial charge is 0.126 e. The van der Waals surface area contributed by atoms with E-state index in [1.165, 1.54) is 0 Å². The fourth-order valence-electron chi connectivity index (χ4n) is 2.11. The summed E-state index contributed by atoms with van der Waals surface area (Å²) < 4.78 is 15.9. The molecule has 0 saturated heterocycles. The molecule has 110 valence electrons. The highest BCUT2D eigenvalue weighted by atomic mass is 16.5. The van der Waals surface area contributed by atoms with E-state index in [-0.39, 0.29) is 0 Å². The molecule has 0 unspecified atom stereocenters. The Hall–Kier alpha value is -2.42. The maximum atomic E-state index is 5.38. The Morgan fingerprint density at radius 3 is 1.71 bits per heavy atom. The van der Waals surface area contributed by atoms with Gasteiger partial charge in [-0.2, -0.15) is 0 Å².